The average molecular weight is 992 g/mol. The van der Waals surface area contributed by atoms with E-state index in [1.807, 2.05) is 197 Å². The van der Waals surface area contributed by atoms with Crippen LogP contribution in [0, 0.1) is 0 Å². The lowest BCUT2D eigenvalue weighted by atomic mass is 9.83. The van der Waals surface area contributed by atoms with Crippen molar-refractivity contribution in [2.45, 2.75) is 133 Å². The highest BCUT2D eigenvalue weighted by molar-refractivity contribution is 5.27. The second-order valence-electron chi connectivity index (χ2n) is 19.0. The van der Waals surface area contributed by atoms with Gasteiger partial charge < -0.3 is 52.1 Å². The first-order chi connectivity index (χ1) is 35.7. The summed E-state index contributed by atoms with van der Waals surface area (Å²) in [4.78, 5) is 3.41. The third-order valence-corrected chi connectivity index (χ3v) is 13.4. The van der Waals surface area contributed by atoms with E-state index in [9.17, 15) is 5.53 Å². The summed E-state index contributed by atoms with van der Waals surface area (Å²) >= 11 is 0. The van der Waals surface area contributed by atoms with E-state index in [0.29, 0.717) is 6.61 Å². The Labute approximate surface area is 427 Å². The van der Waals surface area contributed by atoms with E-state index in [1.165, 1.54) is 0 Å². The van der Waals surface area contributed by atoms with Gasteiger partial charge in [-0.05, 0) is 71.8 Å². The van der Waals surface area contributed by atoms with Gasteiger partial charge >= 0.3 is 0 Å². The molecule has 0 amide bonds. The molecule has 0 aromatic heterocycles. The fraction of sp³-hybridized carbons (Fsp3) is 0.390. The second kappa shape index (κ2) is 25.3. The predicted molar refractivity (Wildman–Crippen MR) is 273 cm³/mol. The van der Waals surface area contributed by atoms with E-state index in [2.05, 4.69) is 10.0 Å². The van der Waals surface area contributed by atoms with Gasteiger partial charge in [-0.1, -0.05) is 169 Å². The number of nitrogens with zero attached hydrogens (tertiary/aromatic N) is 3. The summed E-state index contributed by atoms with van der Waals surface area (Å²) in [5, 5.41) is 4.45. The maximum absolute atomic E-state index is 10.5. The zero-order valence-corrected chi connectivity index (χ0v) is 41.7. The van der Waals surface area contributed by atoms with E-state index >= 15 is 0 Å². The fourth-order valence-corrected chi connectivity index (χ4v) is 9.75. The molecule has 6 aromatic rings. The quantitative estimate of drug-likeness (QED) is 0.0343. The van der Waals surface area contributed by atoms with Crippen molar-refractivity contribution in [1.82, 2.24) is 0 Å². The lowest BCUT2D eigenvalue weighted by molar-refractivity contribution is -0.332. The molecular formula is C59H65N3O11. The normalized spacial score (nSPS) is 26.8. The number of ether oxygens (including phenoxy) is 11. The minimum Gasteiger partial charge on any atom is -0.497 e. The van der Waals surface area contributed by atoms with E-state index in [-0.39, 0.29) is 33.0 Å². The minimum absolute atomic E-state index is 0.0775. The van der Waals surface area contributed by atoms with Crippen LogP contribution in [0.4, 0.5) is 0 Å². The number of fused-ring (bicyclic) bond motifs is 1. The molecule has 3 aliphatic rings. The molecule has 1 saturated carbocycles. The van der Waals surface area contributed by atoms with Gasteiger partial charge in [0.05, 0.1) is 52.9 Å². The molecule has 2 saturated heterocycles. The van der Waals surface area contributed by atoms with Gasteiger partial charge in [-0.3, -0.25) is 0 Å². The topological polar surface area (TPSA) is 150 Å². The van der Waals surface area contributed by atoms with Crippen LogP contribution in [0.3, 0.4) is 0 Å². The highest BCUT2D eigenvalue weighted by Crippen LogP contribution is 2.45. The Morgan fingerprint density at radius 1 is 0.534 bits per heavy atom. The Bertz CT molecular complexity index is 2610. The third-order valence-electron chi connectivity index (χ3n) is 13.4. The molecule has 6 aromatic carbocycles. The Balaban J connectivity index is 1.13. The summed E-state index contributed by atoms with van der Waals surface area (Å²) in [6, 6.07) is 56.1. The zero-order valence-electron chi connectivity index (χ0n) is 41.7. The van der Waals surface area contributed by atoms with Gasteiger partial charge in [-0.25, -0.2) is 0 Å². The molecule has 9 rings (SSSR count). The van der Waals surface area contributed by atoms with Crippen LogP contribution in [-0.4, -0.2) is 86.8 Å². The number of azide groups is 1. The molecule has 0 unspecified atom stereocenters. The summed E-state index contributed by atoms with van der Waals surface area (Å²) in [5.41, 5.74) is 16.1. The molecule has 1 aliphatic carbocycles. The van der Waals surface area contributed by atoms with Crippen molar-refractivity contribution in [3.8, 4) is 5.75 Å². The SMILES string of the molecule is COc1ccc(CO[C@H]2[C@H](O[C@@H]3O[C@H](COCc4ccccc4)[C@@H](OCc4ccccc4)[C@H](OCc4ccccc4)[C@H]3N=[N+]=[N-])[C@@H](O[C@H](C)c3ccccc3)[C@H](OCc3ccccc3)[C@H]3OC(C)(C)O[C@@H]23)cc1. The molecule has 0 radical (unpaired) electrons. The minimum atomic E-state index is -1.27. The van der Waals surface area contributed by atoms with Gasteiger partial charge in [-0.2, -0.15) is 0 Å². The molecule has 14 nitrogen and oxygen atoms in total. The second-order valence-corrected chi connectivity index (χ2v) is 19.0. The molecule has 382 valence electrons. The molecule has 2 heterocycles. The number of methoxy groups -OCH3 is 1. The van der Waals surface area contributed by atoms with Crippen LogP contribution in [0.1, 0.15) is 60.3 Å². The summed E-state index contributed by atoms with van der Waals surface area (Å²) in [6.45, 7) is 6.94. The summed E-state index contributed by atoms with van der Waals surface area (Å²) in [7, 11) is 1.63. The lowest BCUT2D eigenvalue weighted by Gasteiger charge is -2.50. The Morgan fingerprint density at radius 2 is 0.973 bits per heavy atom. The van der Waals surface area contributed by atoms with Crippen molar-refractivity contribution in [2.24, 2.45) is 5.11 Å². The molecule has 2 aliphatic heterocycles. The number of benzene rings is 6. The van der Waals surface area contributed by atoms with E-state index in [1.54, 1.807) is 7.11 Å². The van der Waals surface area contributed by atoms with Gasteiger partial charge in [0.2, 0.25) is 0 Å². The van der Waals surface area contributed by atoms with E-state index in [4.69, 9.17) is 52.1 Å². The third kappa shape index (κ3) is 13.6. The van der Waals surface area contributed by atoms with Crippen LogP contribution in [0.15, 0.2) is 181 Å². The molecule has 12 atom stereocenters. The van der Waals surface area contributed by atoms with Crippen LogP contribution in [-0.2, 0) is 80.4 Å². The molecule has 73 heavy (non-hydrogen) atoms. The van der Waals surface area contributed by atoms with Gasteiger partial charge in [-0.15, -0.1) is 0 Å². The Morgan fingerprint density at radius 3 is 1.47 bits per heavy atom. The van der Waals surface area contributed by atoms with Gasteiger partial charge in [0, 0.05) is 4.91 Å². The van der Waals surface area contributed by atoms with Crippen LogP contribution < -0.4 is 4.74 Å². The van der Waals surface area contributed by atoms with Crippen molar-refractivity contribution in [3.05, 3.63) is 220 Å². The maximum Gasteiger partial charge on any atom is 0.169 e. The summed E-state index contributed by atoms with van der Waals surface area (Å²) < 4.78 is 75.3. The first kappa shape index (κ1) is 51.9. The average Bonchev–Trinajstić information content (AvgIpc) is 3.76. The summed E-state index contributed by atoms with van der Waals surface area (Å²) in [5.74, 6) is -0.333. The monoisotopic (exact) mass is 991 g/mol. The van der Waals surface area contributed by atoms with Crippen LogP contribution >= 0.6 is 0 Å². The van der Waals surface area contributed by atoms with Gasteiger partial charge in [0.25, 0.3) is 0 Å². The summed E-state index contributed by atoms with van der Waals surface area (Å²) in [6.07, 6.45) is -9.18. The van der Waals surface area contributed by atoms with Crippen LogP contribution in [0.2, 0.25) is 0 Å². The number of hydrogen-bond acceptors (Lipinski definition) is 12. The number of hydrogen-bond donors (Lipinski definition) is 0. The maximum atomic E-state index is 10.5. The number of rotatable bonds is 23. The van der Waals surface area contributed by atoms with Crippen molar-refractivity contribution in [3.63, 3.8) is 0 Å². The van der Waals surface area contributed by atoms with Crippen LogP contribution in [0.25, 0.3) is 10.4 Å². The van der Waals surface area contributed by atoms with Crippen molar-refractivity contribution >= 4 is 0 Å². The highest BCUT2D eigenvalue weighted by atomic mass is 16.8. The molecule has 0 N–H and O–H groups in total. The van der Waals surface area contributed by atoms with E-state index < -0.39 is 79.2 Å². The van der Waals surface area contributed by atoms with Gasteiger partial charge in [0.15, 0.2) is 12.1 Å². The zero-order chi connectivity index (χ0) is 50.4. The predicted octanol–water partition coefficient (Wildman–Crippen LogP) is 11.0. The Kier molecular flexibility index (Phi) is 18.0. The molecular weight excluding hydrogens is 927 g/mol. The van der Waals surface area contributed by atoms with Crippen molar-refractivity contribution in [2.75, 3.05) is 13.7 Å². The van der Waals surface area contributed by atoms with Crippen molar-refractivity contribution in [1.29, 1.82) is 0 Å². The molecule has 0 bridgehead atoms. The first-order valence-electron chi connectivity index (χ1n) is 25.0. The van der Waals surface area contributed by atoms with E-state index in [0.717, 1.165) is 39.1 Å². The first-order valence-corrected chi connectivity index (χ1v) is 25.0. The smallest absolute Gasteiger partial charge is 0.169 e. The molecule has 0 spiro atoms. The van der Waals surface area contributed by atoms with Crippen LogP contribution in [0.5, 0.6) is 5.75 Å². The Hall–Kier alpha value is -5.97. The molecule has 3 fully saturated rings. The van der Waals surface area contributed by atoms with Crippen molar-refractivity contribution < 1.29 is 52.1 Å². The lowest BCUT2D eigenvalue weighted by Crippen LogP contribution is -2.68. The molecule has 14 heteroatoms. The largest absolute Gasteiger partial charge is 0.497 e. The highest BCUT2D eigenvalue weighted by Gasteiger charge is 2.62. The van der Waals surface area contributed by atoms with Gasteiger partial charge in [0.1, 0.15) is 66.7 Å². The standard InChI is InChI=1S/C59H65N3O11/c1-40(46-28-18-9-19-29-46)69-54-52(67-37-44-26-16-8-17-27-44)56-57(73-59(2,3)72-56)53(68-38-45-30-32-47(63-4)33-31-45)55(54)71-58-49(61-62-60)51(66-36-43-24-14-7-15-25-43)50(65-35-42-22-12-6-13-23-42)48(70-58)39-64-34-41-20-10-5-11-21-41/h5-33,40,48-58H,34-39H2,1-4H3/t40-,48-,49-,50-,51-,52+,53+,54+,55+,56-,57+,58+/m1/s1. The fourth-order valence-electron chi connectivity index (χ4n) is 9.75.